The first kappa shape index (κ1) is 20.5. The van der Waals surface area contributed by atoms with Crippen molar-refractivity contribution in [1.82, 2.24) is 25.4 Å². The minimum atomic E-state index is -0.715. The van der Waals surface area contributed by atoms with E-state index in [1.54, 1.807) is 12.4 Å². The average Bonchev–Trinajstić information content (AvgIpc) is 3.26. The summed E-state index contributed by atoms with van der Waals surface area (Å²) in [6.45, 7) is 2.13. The average molecular weight is 408 g/mol. The third-order valence-electron chi connectivity index (χ3n) is 5.89. The Morgan fingerprint density at radius 1 is 1.29 bits per heavy atom. The van der Waals surface area contributed by atoms with Crippen LogP contribution in [-0.4, -0.2) is 64.3 Å². The highest BCUT2D eigenvalue weighted by Gasteiger charge is 2.52. The number of aromatic nitrogens is 1. The van der Waals surface area contributed by atoms with Gasteiger partial charge in [-0.2, -0.15) is 0 Å². The standard InChI is InChI=1S/C19H25N5O3.ClH/c25-16(23-11-9-21-13-15(23)14-4-3-8-20-12-14)5-10-24-17(26)19(22-18(24)27)6-1-2-7-19;/h3-4,8,12,15,21H,1-2,5-7,9-11,13H2,(H,22,27);1H. The van der Waals surface area contributed by atoms with Gasteiger partial charge in [-0.25, -0.2) is 4.79 Å². The highest BCUT2D eigenvalue weighted by Crippen LogP contribution is 2.35. The minimum absolute atomic E-state index is 0. The molecular formula is C19H26ClN5O3. The molecule has 2 N–H and O–H groups in total. The van der Waals surface area contributed by atoms with Crippen LogP contribution in [0.5, 0.6) is 0 Å². The minimum Gasteiger partial charge on any atom is -0.333 e. The number of pyridine rings is 1. The van der Waals surface area contributed by atoms with E-state index in [2.05, 4.69) is 15.6 Å². The Bertz CT molecular complexity index is 738. The molecule has 1 aromatic rings. The maximum atomic E-state index is 12.9. The Labute approximate surface area is 170 Å². The van der Waals surface area contributed by atoms with Crippen molar-refractivity contribution in [1.29, 1.82) is 0 Å². The molecule has 1 atom stereocenters. The second kappa shape index (κ2) is 8.45. The molecule has 3 heterocycles. The smallest absolute Gasteiger partial charge is 0.325 e. The molecule has 1 saturated carbocycles. The normalized spacial score (nSPS) is 23.6. The van der Waals surface area contributed by atoms with E-state index in [0.717, 1.165) is 24.9 Å². The van der Waals surface area contributed by atoms with E-state index in [1.165, 1.54) is 4.90 Å². The Kier molecular flexibility index (Phi) is 6.20. The van der Waals surface area contributed by atoms with Crippen LogP contribution in [0.15, 0.2) is 24.5 Å². The van der Waals surface area contributed by atoms with Crippen molar-refractivity contribution in [2.24, 2.45) is 0 Å². The van der Waals surface area contributed by atoms with Crippen molar-refractivity contribution in [3.05, 3.63) is 30.1 Å². The van der Waals surface area contributed by atoms with Crippen LogP contribution >= 0.6 is 12.4 Å². The molecule has 152 valence electrons. The number of amides is 4. The van der Waals surface area contributed by atoms with Crippen LogP contribution in [0.4, 0.5) is 4.79 Å². The largest absolute Gasteiger partial charge is 0.333 e. The summed E-state index contributed by atoms with van der Waals surface area (Å²) >= 11 is 0. The molecule has 0 radical (unpaired) electrons. The van der Waals surface area contributed by atoms with Gasteiger partial charge in [-0.05, 0) is 24.5 Å². The summed E-state index contributed by atoms with van der Waals surface area (Å²) in [6, 6.07) is 3.38. The molecule has 1 aliphatic carbocycles. The molecule has 1 unspecified atom stereocenters. The fraction of sp³-hybridized carbons (Fsp3) is 0.579. The molecule has 2 aliphatic heterocycles. The van der Waals surface area contributed by atoms with E-state index in [-0.39, 0.29) is 49.3 Å². The molecule has 4 rings (SSSR count). The van der Waals surface area contributed by atoms with E-state index in [4.69, 9.17) is 0 Å². The molecule has 1 spiro atoms. The van der Waals surface area contributed by atoms with E-state index in [1.807, 2.05) is 17.0 Å². The number of carbonyl (C=O) groups excluding carboxylic acids is 3. The summed E-state index contributed by atoms with van der Waals surface area (Å²) < 4.78 is 0. The van der Waals surface area contributed by atoms with Crippen molar-refractivity contribution in [3.8, 4) is 0 Å². The zero-order valence-corrected chi connectivity index (χ0v) is 16.5. The van der Waals surface area contributed by atoms with E-state index in [9.17, 15) is 14.4 Å². The van der Waals surface area contributed by atoms with Crippen LogP contribution < -0.4 is 10.6 Å². The second-order valence-corrected chi connectivity index (χ2v) is 7.52. The maximum absolute atomic E-state index is 12.9. The number of rotatable bonds is 4. The van der Waals surface area contributed by atoms with Crippen molar-refractivity contribution in [3.63, 3.8) is 0 Å². The molecule has 1 aromatic heterocycles. The summed E-state index contributed by atoms with van der Waals surface area (Å²) in [5.74, 6) is -0.208. The molecule has 3 aliphatic rings. The Morgan fingerprint density at radius 3 is 2.79 bits per heavy atom. The van der Waals surface area contributed by atoms with Gasteiger partial charge in [0.15, 0.2) is 0 Å². The molecule has 0 bridgehead atoms. The summed E-state index contributed by atoms with van der Waals surface area (Å²) in [4.78, 5) is 45.1. The fourth-order valence-corrected chi connectivity index (χ4v) is 4.42. The number of imide groups is 1. The van der Waals surface area contributed by atoms with Crippen LogP contribution in [0, 0.1) is 0 Å². The van der Waals surface area contributed by atoms with Gasteiger partial charge in [-0.1, -0.05) is 18.9 Å². The summed E-state index contributed by atoms with van der Waals surface area (Å²) in [5, 5.41) is 6.17. The number of piperazine rings is 1. The predicted octanol–water partition coefficient (Wildman–Crippen LogP) is 1.23. The number of urea groups is 1. The van der Waals surface area contributed by atoms with Gasteiger partial charge < -0.3 is 15.5 Å². The first-order chi connectivity index (χ1) is 13.1. The number of nitrogens with one attached hydrogen (secondary N) is 2. The SMILES string of the molecule is Cl.O=C1NC2(CCCC2)C(=O)N1CCC(=O)N1CCNCC1c1cccnc1. The first-order valence-electron chi connectivity index (χ1n) is 9.65. The molecule has 8 nitrogen and oxygen atoms in total. The molecular weight excluding hydrogens is 382 g/mol. The van der Waals surface area contributed by atoms with Crippen molar-refractivity contribution in [2.75, 3.05) is 26.2 Å². The lowest BCUT2D eigenvalue weighted by Gasteiger charge is -2.36. The van der Waals surface area contributed by atoms with Gasteiger partial charge in [-0.15, -0.1) is 12.4 Å². The third kappa shape index (κ3) is 3.71. The molecule has 2 saturated heterocycles. The topological polar surface area (TPSA) is 94.6 Å². The summed E-state index contributed by atoms with van der Waals surface area (Å²) in [6.07, 6.45) is 6.93. The molecule has 9 heteroatoms. The zero-order chi connectivity index (χ0) is 18.9. The van der Waals surface area contributed by atoms with Crippen LogP contribution in [0.2, 0.25) is 0 Å². The third-order valence-corrected chi connectivity index (χ3v) is 5.89. The van der Waals surface area contributed by atoms with Crippen LogP contribution in [0.25, 0.3) is 0 Å². The van der Waals surface area contributed by atoms with Gasteiger partial charge in [0.05, 0.1) is 6.04 Å². The quantitative estimate of drug-likeness (QED) is 0.732. The van der Waals surface area contributed by atoms with Crippen LogP contribution in [-0.2, 0) is 9.59 Å². The highest BCUT2D eigenvalue weighted by atomic mass is 35.5. The highest BCUT2D eigenvalue weighted by molar-refractivity contribution is 6.07. The Balaban J connectivity index is 0.00000225. The lowest BCUT2D eigenvalue weighted by atomic mass is 9.98. The van der Waals surface area contributed by atoms with Gasteiger partial charge in [0.25, 0.3) is 5.91 Å². The van der Waals surface area contributed by atoms with Crippen LogP contribution in [0.3, 0.4) is 0 Å². The van der Waals surface area contributed by atoms with Gasteiger partial charge in [0.1, 0.15) is 5.54 Å². The monoisotopic (exact) mass is 407 g/mol. The Hall–Kier alpha value is -2.19. The molecule has 3 fully saturated rings. The number of carbonyl (C=O) groups is 3. The number of nitrogens with zero attached hydrogens (tertiary/aromatic N) is 3. The second-order valence-electron chi connectivity index (χ2n) is 7.52. The van der Waals surface area contributed by atoms with E-state index in [0.29, 0.717) is 25.9 Å². The van der Waals surface area contributed by atoms with Gasteiger partial charge >= 0.3 is 6.03 Å². The maximum Gasteiger partial charge on any atom is 0.325 e. The Morgan fingerprint density at radius 2 is 2.07 bits per heavy atom. The lowest BCUT2D eigenvalue weighted by Crippen LogP contribution is -2.49. The van der Waals surface area contributed by atoms with Gasteiger partial charge in [0, 0.05) is 45.0 Å². The van der Waals surface area contributed by atoms with Gasteiger partial charge in [-0.3, -0.25) is 19.5 Å². The predicted molar refractivity (Wildman–Crippen MR) is 105 cm³/mol. The number of hydrogen-bond acceptors (Lipinski definition) is 5. The molecule has 4 amide bonds. The summed E-state index contributed by atoms with van der Waals surface area (Å²) in [7, 11) is 0. The van der Waals surface area contributed by atoms with Crippen LogP contribution in [0.1, 0.15) is 43.7 Å². The summed E-state index contributed by atoms with van der Waals surface area (Å²) in [5.41, 5.74) is 0.269. The van der Waals surface area contributed by atoms with E-state index < -0.39 is 5.54 Å². The first-order valence-corrected chi connectivity index (χ1v) is 9.65. The number of hydrogen-bond donors (Lipinski definition) is 2. The molecule has 28 heavy (non-hydrogen) atoms. The van der Waals surface area contributed by atoms with Crippen molar-refractivity contribution < 1.29 is 14.4 Å². The number of halogens is 1. The van der Waals surface area contributed by atoms with Gasteiger partial charge in [0.2, 0.25) is 5.91 Å². The molecule has 0 aromatic carbocycles. The lowest BCUT2D eigenvalue weighted by molar-refractivity contribution is -0.136. The fourth-order valence-electron chi connectivity index (χ4n) is 4.42. The van der Waals surface area contributed by atoms with E-state index >= 15 is 0 Å². The van der Waals surface area contributed by atoms with Crippen molar-refractivity contribution in [2.45, 2.75) is 43.7 Å². The zero-order valence-electron chi connectivity index (χ0n) is 15.7. The van der Waals surface area contributed by atoms with Crippen molar-refractivity contribution >= 4 is 30.3 Å².